The molecule has 0 bridgehead atoms. The smallest absolute Gasteiger partial charge is 0.250 e. The summed E-state index contributed by atoms with van der Waals surface area (Å²) in [7, 11) is -3.57. The summed E-state index contributed by atoms with van der Waals surface area (Å²) in [6, 6.07) is 5.18. The Morgan fingerprint density at radius 2 is 1.88 bits per heavy atom. The summed E-state index contributed by atoms with van der Waals surface area (Å²) < 4.78 is 63.8. The minimum absolute atomic E-state index is 0.00647. The Balaban J connectivity index is 2.22. The van der Waals surface area contributed by atoms with Gasteiger partial charge in [0.05, 0.1) is 16.3 Å². The summed E-state index contributed by atoms with van der Waals surface area (Å²) in [5, 5.41) is 3.41. The molecule has 0 aromatic carbocycles. The van der Waals surface area contributed by atoms with Crippen LogP contribution < -0.4 is 0 Å². The molecule has 3 aromatic rings. The summed E-state index contributed by atoms with van der Waals surface area (Å²) >= 11 is 0. The van der Waals surface area contributed by atoms with Crippen molar-refractivity contribution >= 4 is 15.5 Å². The lowest BCUT2D eigenvalue weighted by molar-refractivity contribution is -0.141. The zero-order chi connectivity index (χ0) is 18.4. The molecule has 3 heterocycles. The molecule has 0 N–H and O–H groups in total. The Bertz CT molecular complexity index is 1060. The van der Waals surface area contributed by atoms with Gasteiger partial charge in [0.1, 0.15) is 5.69 Å². The lowest BCUT2D eigenvalue weighted by Gasteiger charge is -2.09. The number of aromatic nitrogens is 4. The van der Waals surface area contributed by atoms with Gasteiger partial charge in [0.15, 0.2) is 21.2 Å². The van der Waals surface area contributed by atoms with Crippen molar-refractivity contribution in [1.29, 1.82) is 0 Å². The number of fused-ring (bicyclic) bond motifs is 1. The van der Waals surface area contributed by atoms with E-state index in [-0.39, 0.29) is 27.7 Å². The van der Waals surface area contributed by atoms with Crippen molar-refractivity contribution in [2.75, 3.05) is 5.75 Å². The van der Waals surface area contributed by atoms with E-state index in [1.165, 1.54) is 25.3 Å². The first kappa shape index (κ1) is 17.3. The van der Waals surface area contributed by atoms with E-state index in [9.17, 15) is 21.6 Å². The fraction of sp³-hybridized carbons (Fsp3) is 0.267. The number of hydrogen-bond acceptors (Lipinski definition) is 5. The molecule has 0 spiro atoms. The van der Waals surface area contributed by atoms with Crippen LogP contribution in [0.25, 0.3) is 17.0 Å². The highest BCUT2D eigenvalue weighted by molar-refractivity contribution is 7.91. The van der Waals surface area contributed by atoms with Crippen molar-refractivity contribution in [2.24, 2.45) is 0 Å². The summed E-state index contributed by atoms with van der Waals surface area (Å²) in [4.78, 5) is 8.32. The largest absolute Gasteiger partial charge is 0.435 e. The second-order valence-electron chi connectivity index (χ2n) is 5.35. The second-order valence-corrected chi connectivity index (χ2v) is 7.59. The first-order chi connectivity index (χ1) is 11.6. The van der Waals surface area contributed by atoms with Crippen LogP contribution in [0.4, 0.5) is 13.2 Å². The Morgan fingerprint density at radius 3 is 2.52 bits per heavy atom. The van der Waals surface area contributed by atoms with E-state index in [1.807, 2.05) is 0 Å². The molecule has 132 valence electrons. The number of halogens is 3. The number of hydrogen-bond donors (Lipinski definition) is 0. The Hall–Kier alpha value is -2.49. The molecule has 0 aliphatic rings. The van der Waals surface area contributed by atoms with Gasteiger partial charge in [-0.15, -0.1) is 0 Å². The van der Waals surface area contributed by atoms with Gasteiger partial charge in [-0.3, -0.25) is 4.98 Å². The third-order valence-electron chi connectivity index (χ3n) is 3.57. The Labute approximate surface area is 141 Å². The van der Waals surface area contributed by atoms with Crippen molar-refractivity contribution in [1.82, 2.24) is 19.6 Å². The van der Waals surface area contributed by atoms with Crippen molar-refractivity contribution in [3.63, 3.8) is 0 Å². The van der Waals surface area contributed by atoms with Crippen LogP contribution in [0.15, 0.2) is 35.4 Å². The van der Waals surface area contributed by atoms with Crippen LogP contribution in [-0.2, 0) is 16.0 Å². The lowest BCUT2D eigenvalue weighted by Crippen LogP contribution is -2.08. The van der Waals surface area contributed by atoms with Crippen molar-refractivity contribution in [3.05, 3.63) is 41.9 Å². The number of alkyl halides is 3. The van der Waals surface area contributed by atoms with E-state index < -0.39 is 21.7 Å². The average Bonchev–Trinajstić information content (AvgIpc) is 2.98. The summed E-state index contributed by atoms with van der Waals surface area (Å²) in [5.74, 6) is -0.127. The van der Waals surface area contributed by atoms with Gasteiger partial charge in [-0.05, 0) is 25.1 Å². The fourth-order valence-corrected chi connectivity index (χ4v) is 3.32. The van der Waals surface area contributed by atoms with Gasteiger partial charge in [0.25, 0.3) is 0 Å². The summed E-state index contributed by atoms with van der Waals surface area (Å²) in [6.07, 6.45) is -3.30. The van der Waals surface area contributed by atoms with E-state index >= 15 is 0 Å². The van der Waals surface area contributed by atoms with Gasteiger partial charge in [-0.1, -0.05) is 6.92 Å². The van der Waals surface area contributed by atoms with Crippen LogP contribution in [-0.4, -0.2) is 33.8 Å². The molecule has 10 heteroatoms. The molecule has 3 aromatic heterocycles. The molecule has 25 heavy (non-hydrogen) atoms. The van der Waals surface area contributed by atoms with Gasteiger partial charge in [0, 0.05) is 18.0 Å². The fourth-order valence-electron chi connectivity index (χ4n) is 2.28. The maximum atomic E-state index is 12.8. The molecule has 0 radical (unpaired) electrons. The predicted molar refractivity (Wildman–Crippen MR) is 83.7 cm³/mol. The Morgan fingerprint density at radius 1 is 1.16 bits per heavy atom. The van der Waals surface area contributed by atoms with Crippen molar-refractivity contribution < 1.29 is 21.6 Å². The molecule has 0 unspecified atom stereocenters. The third-order valence-corrected chi connectivity index (χ3v) is 5.33. The maximum Gasteiger partial charge on any atom is 0.435 e. The van der Waals surface area contributed by atoms with Crippen LogP contribution in [0.5, 0.6) is 0 Å². The average molecular weight is 370 g/mol. The van der Waals surface area contributed by atoms with E-state index in [2.05, 4.69) is 15.1 Å². The van der Waals surface area contributed by atoms with E-state index in [1.54, 1.807) is 13.0 Å². The second kappa shape index (κ2) is 5.80. The lowest BCUT2D eigenvalue weighted by atomic mass is 10.2. The van der Waals surface area contributed by atoms with Crippen LogP contribution in [0.1, 0.15) is 18.3 Å². The highest BCUT2D eigenvalue weighted by Crippen LogP contribution is 2.30. The molecule has 6 nitrogen and oxygen atoms in total. The molecule has 3 rings (SSSR count). The minimum atomic E-state index is -4.59. The number of pyridine rings is 1. The predicted octanol–water partition coefficient (Wildman–Crippen LogP) is 2.91. The van der Waals surface area contributed by atoms with Crippen molar-refractivity contribution in [3.8, 4) is 11.4 Å². The van der Waals surface area contributed by atoms with Crippen LogP contribution in [0, 0.1) is 6.92 Å². The van der Waals surface area contributed by atoms with Gasteiger partial charge in [-0.2, -0.15) is 18.3 Å². The van der Waals surface area contributed by atoms with Crippen LogP contribution in [0.3, 0.4) is 0 Å². The molecule has 0 atom stereocenters. The molecule has 0 fully saturated rings. The number of aryl methyl sites for hydroxylation is 1. The normalized spacial score (nSPS) is 12.7. The van der Waals surface area contributed by atoms with Crippen LogP contribution in [0.2, 0.25) is 0 Å². The topological polar surface area (TPSA) is 77.2 Å². The van der Waals surface area contributed by atoms with E-state index in [0.717, 1.165) is 10.6 Å². The van der Waals surface area contributed by atoms with Crippen LogP contribution >= 0.6 is 0 Å². The molecule has 0 aliphatic carbocycles. The van der Waals surface area contributed by atoms with Gasteiger partial charge < -0.3 is 0 Å². The summed E-state index contributed by atoms with van der Waals surface area (Å²) in [6.45, 7) is 3.19. The molecular weight excluding hydrogens is 357 g/mol. The monoisotopic (exact) mass is 370 g/mol. The number of nitrogens with zero attached hydrogens (tertiary/aromatic N) is 4. The molecular formula is C15H13F3N4O2S. The summed E-state index contributed by atoms with van der Waals surface area (Å²) in [5.41, 5.74) is -0.282. The SMILES string of the molecule is CCS(=O)(=O)c1ccc(C)nc1-c1ccn2nc(C(F)(F)F)cc2n1. The molecule has 0 saturated heterocycles. The van der Waals surface area contributed by atoms with Gasteiger partial charge in [-0.25, -0.2) is 17.9 Å². The van der Waals surface area contributed by atoms with Crippen molar-refractivity contribution in [2.45, 2.75) is 24.9 Å². The maximum absolute atomic E-state index is 12.8. The van der Waals surface area contributed by atoms with E-state index in [4.69, 9.17) is 0 Å². The van der Waals surface area contributed by atoms with Gasteiger partial charge >= 0.3 is 6.18 Å². The zero-order valence-corrected chi connectivity index (χ0v) is 14.1. The minimum Gasteiger partial charge on any atom is -0.250 e. The highest BCUT2D eigenvalue weighted by atomic mass is 32.2. The third kappa shape index (κ3) is 3.21. The van der Waals surface area contributed by atoms with Gasteiger partial charge in [0.2, 0.25) is 0 Å². The Kier molecular flexibility index (Phi) is 4.02. The molecule has 0 aliphatic heterocycles. The first-order valence-corrected chi connectivity index (χ1v) is 8.91. The quantitative estimate of drug-likeness (QED) is 0.708. The molecule has 0 saturated carbocycles. The zero-order valence-electron chi connectivity index (χ0n) is 13.2. The first-order valence-electron chi connectivity index (χ1n) is 7.26. The van der Waals surface area contributed by atoms with E-state index in [0.29, 0.717) is 5.69 Å². The number of rotatable bonds is 3. The molecule has 0 amide bonds. The number of sulfone groups is 1. The standard InChI is InChI=1S/C15H13F3N4O2S/c1-3-25(23,24)11-5-4-9(2)19-14(11)10-6-7-22-13(20-10)8-12(21-22)15(16,17)18/h4-8H,3H2,1-2H3. The highest BCUT2D eigenvalue weighted by Gasteiger charge is 2.34.